The van der Waals surface area contributed by atoms with Crippen LogP contribution in [0.1, 0.15) is 30.6 Å². The fourth-order valence-electron chi connectivity index (χ4n) is 1.71. The predicted octanol–water partition coefficient (Wildman–Crippen LogP) is 2.28. The minimum Gasteiger partial charge on any atom is -0.462 e. The van der Waals surface area contributed by atoms with E-state index in [1.807, 2.05) is 13.0 Å². The molecule has 1 aromatic carbocycles. The van der Waals surface area contributed by atoms with Crippen LogP contribution < -0.4 is 11.1 Å². The molecule has 1 aromatic rings. The lowest BCUT2D eigenvalue weighted by Gasteiger charge is -2.17. The number of anilines is 2. The van der Waals surface area contributed by atoms with Gasteiger partial charge >= 0.3 is 5.97 Å². The molecule has 0 spiro atoms. The minimum absolute atomic E-state index is 0.208. The lowest BCUT2D eigenvalue weighted by atomic mass is 10.1. The van der Waals surface area contributed by atoms with E-state index in [9.17, 15) is 4.79 Å². The van der Waals surface area contributed by atoms with Gasteiger partial charge in [0, 0.05) is 19.8 Å². The van der Waals surface area contributed by atoms with Gasteiger partial charge in [-0.1, -0.05) is 6.07 Å². The highest BCUT2D eigenvalue weighted by molar-refractivity contribution is 5.98. The maximum Gasteiger partial charge on any atom is 0.340 e. The number of para-hydroxylation sites is 1. The molecule has 0 aliphatic rings. The number of rotatable bonds is 7. The second-order valence-electron chi connectivity index (χ2n) is 4.31. The molecular formula is C14H22N2O3. The van der Waals surface area contributed by atoms with Gasteiger partial charge in [-0.25, -0.2) is 4.79 Å². The zero-order valence-electron chi connectivity index (χ0n) is 11.7. The van der Waals surface area contributed by atoms with E-state index in [2.05, 4.69) is 5.32 Å². The molecule has 0 heterocycles. The molecule has 0 bridgehead atoms. The largest absolute Gasteiger partial charge is 0.462 e. The number of nitrogen functional groups attached to an aromatic ring is 1. The standard InChI is InChI=1S/C14H22N2O3/c1-4-19-14(17)11-6-5-7-12(13(11)15)16-10(2)8-9-18-3/h5-7,10,16H,4,8-9,15H2,1-3H3. The first-order valence-electron chi connectivity index (χ1n) is 6.41. The summed E-state index contributed by atoms with van der Waals surface area (Å²) in [5, 5.41) is 3.27. The maximum atomic E-state index is 11.7. The first-order chi connectivity index (χ1) is 9.10. The van der Waals surface area contributed by atoms with Crippen LogP contribution in [0.25, 0.3) is 0 Å². The molecule has 19 heavy (non-hydrogen) atoms. The Hall–Kier alpha value is -1.75. The van der Waals surface area contributed by atoms with Crippen molar-refractivity contribution in [3.05, 3.63) is 23.8 Å². The summed E-state index contributed by atoms with van der Waals surface area (Å²) < 4.78 is 10.00. The highest BCUT2D eigenvalue weighted by atomic mass is 16.5. The number of benzene rings is 1. The van der Waals surface area contributed by atoms with Crippen molar-refractivity contribution in [2.75, 3.05) is 31.4 Å². The van der Waals surface area contributed by atoms with Crippen LogP contribution in [0, 0.1) is 0 Å². The lowest BCUT2D eigenvalue weighted by molar-refractivity contribution is 0.0527. The molecule has 0 fully saturated rings. The van der Waals surface area contributed by atoms with Crippen LogP contribution in [0.15, 0.2) is 18.2 Å². The molecule has 1 rings (SSSR count). The van der Waals surface area contributed by atoms with Crippen molar-refractivity contribution in [2.45, 2.75) is 26.3 Å². The Balaban J connectivity index is 2.79. The van der Waals surface area contributed by atoms with Crippen LogP contribution in [0.4, 0.5) is 11.4 Å². The summed E-state index contributed by atoms with van der Waals surface area (Å²) in [6.45, 7) is 4.81. The van der Waals surface area contributed by atoms with Crippen molar-refractivity contribution < 1.29 is 14.3 Å². The Kier molecular flexibility index (Phi) is 6.15. The molecule has 0 aliphatic heterocycles. The van der Waals surface area contributed by atoms with Crippen molar-refractivity contribution in [1.29, 1.82) is 0 Å². The number of carbonyl (C=O) groups is 1. The zero-order valence-corrected chi connectivity index (χ0v) is 11.7. The van der Waals surface area contributed by atoms with Crippen molar-refractivity contribution in [3.63, 3.8) is 0 Å². The smallest absolute Gasteiger partial charge is 0.340 e. The molecule has 5 nitrogen and oxygen atoms in total. The van der Waals surface area contributed by atoms with Crippen molar-refractivity contribution >= 4 is 17.3 Å². The Morgan fingerprint density at radius 3 is 2.84 bits per heavy atom. The third-order valence-corrected chi connectivity index (χ3v) is 2.76. The first kappa shape index (κ1) is 15.3. The third kappa shape index (κ3) is 4.44. The molecule has 0 saturated heterocycles. The van der Waals surface area contributed by atoms with E-state index in [4.69, 9.17) is 15.2 Å². The second-order valence-corrected chi connectivity index (χ2v) is 4.31. The average molecular weight is 266 g/mol. The number of hydrogen-bond acceptors (Lipinski definition) is 5. The predicted molar refractivity (Wildman–Crippen MR) is 76.4 cm³/mol. The van der Waals surface area contributed by atoms with E-state index in [-0.39, 0.29) is 6.04 Å². The van der Waals surface area contributed by atoms with Crippen LogP contribution in [-0.4, -0.2) is 32.3 Å². The van der Waals surface area contributed by atoms with Gasteiger partial charge in [0.25, 0.3) is 0 Å². The maximum absolute atomic E-state index is 11.7. The molecule has 5 heteroatoms. The van der Waals surface area contributed by atoms with Gasteiger partial charge in [0.1, 0.15) is 0 Å². The van der Waals surface area contributed by atoms with Gasteiger partial charge in [-0.3, -0.25) is 0 Å². The molecular weight excluding hydrogens is 244 g/mol. The van der Waals surface area contributed by atoms with Crippen LogP contribution in [-0.2, 0) is 9.47 Å². The number of carbonyl (C=O) groups excluding carboxylic acids is 1. The number of methoxy groups -OCH3 is 1. The Bertz CT molecular complexity index is 421. The van der Waals surface area contributed by atoms with Crippen LogP contribution >= 0.6 is 0 Å². The van der Waals surface area contributed by atoms with E-state index in [1.54, 1.807) is 26.2 Å². The molecule has 106 valence electrons. The molecule has 0 aliphatic carbocycles. The van der Waals surface area contributed by atoms with Gasteiger partial charge in [-0.2, -0.15) is 0 Å². The minimum atomic E-state index is -0.395. The summed E-state index contributed by atoms with van der Waals surface area (Å²) in [6, 6.07) is 5.51. The quantitative estimate of drug-likeness (QED) is 0.585. The SMILES string of the molecule is CCOC(=O)c1cccc(NC(C)CCOC)c1N. The van der Waals surface area contributed by atoms with E-state index >= 15 is 0 Å². The fourth-order valence-corrected chi connectivity index (χ4v) is 1.71. The van der Waals surface area contributed by atoms with Crippen molar-refractivity contribution in [1.82, 2.24) is 0 Å². The summed E-state index contributed by atoms with van der Waals surface area (Å²) in [6.07, 6.45) is 0.861. The number of ether oxygens (including phenoxy) is 2. The van der Waals surface area contributed by atoms with E-state index < -0.39 is 5.97 Å². The molecule has 3 N–H and O–H groups in total. The van der Waals surface area contributed by atoms with E-state index in [0.717, 1.165) is 12.1 Å². The Morgan fingerprint density at radius 1 is 1.47 bits per heavy atom. The van der Waals surface area contributed by atoms with Gasteiger partial charge in [-0.15, -0.1) is 0 Å². The summed E-state index contributed by atoms with van der Waals surface area (Å²) >= 11 is 0. The topological polar surface area (TPSA) is 73.6 Å². The van der Waals surface area contributed by atoms with Gasteiger partial charge in [-0.05, 0) is 32.4 Å². The lowest BCUT2D eigenvalue weighted by Crippen LogP contribution is -2.19. The molecule has 1 atom stereocenters. The highest BCUT2D eigenvalue weighted by Gasteiger charge is 2.14. The van der Waals surface area contributed by atoms with Crippen molar-refractivity contribution in [2.24, 2.45) is 0 Å². The van der Waals surface area contributed by atoms with Crippen LogP contribution in [0.5, 0.6) is 0 Å². The number of nitrogens with one attached hydrogen (secondary N) is 1. The van der Waals surface area contributed by atoms with Gasteiger partial charge in [0.15, 0.2) is 0 Å². The first-order valence-corrected chi connectivity index (χ1v) is 6.41. The van der Waals surface area contributed by atoms with Crippen LogP contribution in [0.2, 0.25) is 0 Å². The molecule has 0 radical (unpaired) electrons. The van der Waals surface area contributed by atoms with Crippen molar-refractivity contribution in [3.8, 4) is 0 Å². The normalized spacial score (nSPS) is 11.9. The number of esters is 1. The van der Waals surface area contributed by atoms with E-state index in [0.29, 0.717) is 24.5 Å². The fraction of sp³-hybridized carbons (Fsp3) is 0.500. The Morgan fingerprint density at radius 2 is 2.21 bits per heavy atom. The third-order valence-electron chi connectivity index (χ3n) is 2.76. The number of hydrogen-bond donors (Lipinski definition) is 2. The van der Waals surface area contributed by atoms with Gasteiger partial charge in [0.2, 0.25) is 0 Å². The summed E-state index contributed by atoms with van der Waals surface area (Å²) in [5.74, 6) is -0.395. The molecule has 0 saturated carbocycles. The Labute approximate surface area is 114 Å². The van der Waals surface area contributed by atoms with E-state index in [1.165, 1.54) is 0 Å². The monoisotopic (exact) mass is 266 g/mol. The molecule has 0 aromatic heterocycles. The summed E-state index contributed by atoms with van der Waals surface area (Å²) in [4.78, 5) is 11.7. The number of nitrogens with two attached hydrogens (primary N) is 1. The molecule has 1 unspecified atom stereocenters. The average Bonchev–Trinajstić information content (AvgIpc) is 2.39. The highest BCUT2D eigenvalue weighted by Crippen LogP contribution is 2.24. The second kappa shape index (κ2) is 7.63. The van der Waals surface area contributed by atoms with Gasteiger partial charge in [0.05, 0.1) is 23.5 Å². The molecule has 0 amide bonds. The summed E-state index contributed by atoms with van der Waals surface area (Å²) in [7, 11) is 1.67. The summed E-state index contributed by atoms with van der Waals surface area (Å²) in [5.41, 5.74) is 7.56. The van der Waals surface area contributed by atoms with Crippen LogP contribution in [0.3, 0.4) is 0 Å². The van der Waals surface area contributed by atoms with Gasteiger partial charge < -0.3 is 20.5 Å². The zero-order chi connectivity index (χ0) is 14.3.